The molecule has 69 heavy (non-hydrogen) atoms. The predicted molar refractivity (Wildman–Crippen MR) is 260 cm³/mol. The molecule has 4 atom stereocenters. The molecule has 5 aromatic rings. The van der Waals surface area contributed by atoms with Gasteiger partial charge in [-0.1, -0.05) is 92.7 Å². The third kappa shape index (κ3) is 13.2. The molecule has 1 aromatic heterocycles. The van der Waals surface area contributed by atoms with Crippen LogP contribution in [0.5, 0.6) is 11.5 Å². The van der Waals surface area contributed by atoms with Gasteiger partial charge in [0.05, 0.1) is 38.7 Å². The summed E-state index contributed by atoms with van der Waals surface area (Å²) >= 11 is 0. The molecule has 0 saturated carbocycles. The summed E-state index contributed by atoms with van der Waals surface area (Å²) in [7, 11) is 4.63. The number of aromatic nitrogens is 2. The lowest BCUT2D eigenvalue weighted by Crippen LogP contribution is -2.39. The molecule has 1 aliphatic rings. The van der Waals surface area contributed by atoms with Crippen molar-refractivity contribution in [1.29, 1.82) is 0 Å². The summed E-state index contributed by atoms with van der Waals surface area (Å²) in [4.78, 5) is 79.8. The Balaban J connectivity index is 1.20. The third-order valence-electron chi connectivity index (χ3n) is 11.9. The lowest BCUT2D eigenvalue weighted by Gasteiger charge is -2.37. The maximum Gasteiger partial charge on any atom is 0.330 e. The van der Waals surface area contributed by atoms with Crippen LogP contribution in [-0.2, 0) is 45.4 Å². The first-order chi connectivity index (χ1) is 33.2. The van der Waals surface area contributed by atoms with E-state index in [0.717, 1.165) is 39.3 Å². The van der Waals surface area contributed by atoms with E-state index < -0.39 is 47.2 Å². The van der Waals surface area contributed by atoms with Gasteiger partial charge in [0.1, 0.15) is 35.5 Å². The lowest BCUT2D eigenvalue weighted by molar-refractivity contribution is -0.156. The monoisotopic (exact) mass is 943 g/mol. The molecule has 16 nitrogen and oxygen atoms in total. The van der Waals surface area contributed by atoms with Gasteiger partial charge in [0.2, 0.25) is 17.7 Å². The Kier molecular flexibility index (Phi) is 17.9. The van der Waals surface area contributed by atoms with Gasteiger partial charge in [-0.05, 0) is 77.4 Å². The molecule has 0 spiro atoms. The number of hydrogen-bond donors (Lipinski definition) is 4. The van der Waals surface area contributed by atoms with E-state index in [2.05, 4.69) is 34.8 Å². The number of benzene rings is 4. The van der Waals surface area contributed by atoms with Crippen molar-refractivity contribution < 1.29 is 42.9 Å². The zero-order chi connectivity index (χ0) is 49.5. The zero-order valence-corrected chi connectivity index (χ0v) is 39.8. The summed E-state index contributed by atoms with van der Waals surface area (Å²) < 4.78 is 31.7. The minimum absolute atomic E-state index is 0.0316. The van der Waals surface area contributed by atoms with Crippen molar-refractivity contribution in [2.75, 3.05) is 41.0 Å². The summed E-state index contributed by atoms with van der Waals surface area (Å²) in [6.45, 7) is 6.25. The Morgan fingerprint density at radius 1 is 0.812 bits per heavy atom. The number of amides is 3. The van der Waals surface area contributed by atoms with Gasteiger partial charge in [-0.3, -0.25) is 33.5 Å². The highest BCUT2D eigenvalue weighted by molar-refractivity contribution is 5.91. The molecule has 2 heterocycles. The largest absolute Gasteiger partial charge is 0.497 e. The smallest absolute Gasteiger partial charge is 0.330 e. The molecule has 4 N–H and O–H groups in total. The van der Waals surface area contributed by atoms with E-state index in [1.54, 1.807) is 14.2 Å². The number of rotatable bonds is 22. The second-order valence-corrected chi connectivity index (χ2v) is 17.1. The highest BCUT2D eigenvalue weighted by atomic mass is 16.6. The summed E-state index contributed by atoms with van der Waals surface area (Å²) in [6.07, 6.45) is 1.25. The average molecular weight is 944 g/mol. The number of carbonyl (C=O) groups excluding carboxylic acids is 4. The van der Waals surface area contributed by atoms with Crippen LogP contribution in [0.3, 0.4) is 0 Å². The molecular weight excluding hydrogens is 883 g/mol. The van der Waals surface area contributed by atoms with Crippen LogP contribution in [0.1, 0.15) is 85.6 Å². The number of hydrogen-bond acceptors (Lipinski definition) is 11. The van der Waals surface area contributed by atoms with Crippen molar-refractivity contribution >= 4 is 29.8 Å². The lowest BCUT2D eigenvalue weighted by atomic mass is 9.80. The number of H-pyrrole nitrogens is 1. The molecule has 3 amide bonds. The van der Waals surface area contributed by atoms with Crippen molar-refractivity contribution in [2.24, 2.45) is 5.92 Å². The van der Waals surface area contributed by atoms with Crippen LogP contribution < -0.4 is 36.7 Å². The molecule has 0 radical (unpaired) electrons. The van der Waals surface area contributed by atoms with Crippen molar-refractivity contribution in [3.63, 3.8) is 0 Å². The van der Waals surface area contributed by atoms with Gasteiger partial charge in [0.15, 0.2) is 0 Å². The minimum Gasteiger partial charge on any atom is -0.497 e. The second kappa shape index (κ2) is 24.1. The number of esters is 1. The van der Waals surface area contributed by atoms with Crippen LogP contribution in [0.25, 0.3) is 6.08 Å². The molecule has 4 aromatic carbocycles. The fraction of sp³-hybridized carbons (Fsp3) is 0.358. The molecule has 1 aliphatic heterocycles. The average Bonchev–Trinajstić information content (AvgIpc) is 3.76. The van der Waals surface area contributed by atoms with Gasteiger partial charge in [0, 0.05) is 45.3 Å². The highest BCUT2D eigenvalue weighted by Crippen LogP contribution is 2.43. The van der Waals surface area contributed by atoms with Gasteiger partial charge in [-0.2, -0.15) is 0 Å². The first kappa shape index (κ1) is 51.1. The summed E-state index contributed by atoms with van der Waals surface area (Å²) in [5.74, 6) is -0.326. The quantitative estimate of drug-likeness (QED) is 0.0294. The van der Waals surface area contributed by atoms with Crippen LogP contribution >= 0.6 is 0 Å². The van der Waals surface area contributed by atoms with Gasteiger partial charge in [-0.25, -0.2) is 4.79 Å². The van der Waals surface area contributed by atoms with E-state index in [-0.39, 0.29) is 62.3 Å². The number of nitrogens with one attached hydrogen (secondary N) is 4. The third-order valence-corrected chi connectivity index (χ3v) is 11.9. The Morgan fingerprint density at radius 2 is 1.42 bits per heavy atom. The standard InChI is InChI=1S/C53H61N5O11/c1-34(2)30-36-12-14-37(15-13-36)35(3)50(62)56-29-28-55-47(60)25-16-38-32-58(52(64)57-51(38)63)48-31-44(69-49(61)27-26-46(59)54-4)45(68-48)33-67-53(39-10-8-7-9-11-39,40-17-21-42(65-5)22-18-40)41-19-23-43(66-6)24-20-41/h7-25,32,34-35,44-45,48H,26-31,33H2,1-6H3,(H,54,59)(H,55,60)(H,56,62)(H,57,63,64)/b25-16+/t35-,44+,45+,48+/m0/s1. The number of aromatic amines is 1. The SMILES string of the molecule is CNC(=O)CCC(=O)O[C@@H]1C[C@H](n2cc(/C=C/C(=O)NCCNC(=O)[C@@H](C)c3ccc(CC(C)C)cc3)c(=O)[nH]c2=O)O[C@@H]1COC(c1ccccc1)(c1ccc(OC)cc1)c1ccc(OC)cc1. The fourth-order valence-corrected chi connectivity index (χ4v) is 8.14. The molecule has 1 saturated heterocycles. The Hall–Kier alpha value is -7.30. The molecular formula is C53H61N5O11. The summed E-state index contributed by atoms with van der Waals surface area (Å²) in [5.41, 5.74) is 1.49. The topological polar surface area (TPSA) is 205 Å². The summed E-state index contributed by atoms with van der Waals surface area (Å²) in [5, 5.41) is 8.03. The molecule has 0 aliphatic carbocycles. The van der Waals surface area contributed by atoms with Crippen molar-refractivity contribution in [3.05, 3.63) is 170 Å². The maximum absolute atomic E-state index is 13.4. The maximum atomic E-state index is 13.4. The number of methoxy groups -OCH3 is 2. The van der Waals surface area contributed by atoms with Gasteiger partial charge >= 0.3 is 11.7 Å². The first-order valence-corrected chi connectivity index (χ1v) is 23.0. The highest BCUT2D eigenvalue weighted by Gasteiger charge is 2.44. The minimum atomic E-state index is -1.27. The Labute approximate surface area is 401 Å². The van der Waals surface area contributed by atoms with Crippen molar-refractivity contribution in [2.45, 2.75) is 76.4 Å². The predicted octanol–water partition coefficient (Wildman–Crippen LogP) is 5.54. The van der Waals surface area contributed by atoms with Gasteiger partial charge in [0.25, 0.3) is 5.56 Å². The summed E-state index contributed by atoms with van der Waals surface area (Å²) in [6, 6.07) is 32.4. The van der Waals surface area contributed by atoms with Crippen LogP contribution in [0.15, 0.2) is 125 Å². The Bertz CT molecular complexity index is 2620. The van der Waals surface area contributed by atoms with Crippen LogP contribution in [0, 0.1) is 5.92 Å². The number of nitrogens with zero attached hydrogens (tertiary/aromatic N) is 1. The van der Waals surface area contributed by atoms with E-state index >= 15 is 0 Å². The van der Waals surface area contributed by atoms with Crippen molar-refractivity contribution in [1.82, 2.24) is 25.5 Å². The number of carbonyl (C=O) groups is 4. The first-order valence-electron chi connectivity index (χ1n) is 23.0. The van der Waals surface area contributed by atoms with E-state index in [4.69, 9.17) is 23.7 Å². The van der Waals surface area contributed by atoms with Gasteiger partial charge in [-0.15, -0.1) is 0 Å². The molecule has 0 bridgehead atoms. The van der Waals surface area contributed by atoms with Crippen LogP contribution in [0.4, 0.5) is 0 Å². The second-order valence-electron chi connectivity index (χ2n) is 17.1. The molecule has 1 fully saturated rings. The zero-order valence-electron chi connectivity index (χ0n) is 39.8. The van der Waals surface area contributed by atoms with Crippen molar-refractivity contribution in [3.8, 4) is 11.5 Å². The van der Waals surface area contributed by atoms with E-state index in [1.165, 1.54) is 24.9 Å². The molecule has 0 unspecified atom stereocenters. The van der Waals surface area contributed by atoms with Crippen LogP contribution in [0.2, 0.25) is 0 Å². The van der Waals surface area contributed by atoms with E-state index in [0.29, 0.717) is 17.4 Å². The van der Waals surface area contributed by atoms with E-state index in [9.17, 15) is 28.8 Å². The number of ether oxygens (including phenoxy) is 5. The van der Waals surface area contributed by atoms with Crippen LogP contribution in [-0.4, -0.2) is 86.4 Å². The molecule has 16 heteroatoms. The fourth-order valence-electron chi connectivity index (χ4n) is 8.14. The molecule has 364 valence electrons. The van der Waals surface area contributed by atoms with Gasteiger partial charge < -0.3 is 39.6 Å². The Morgan fingerprint density at radius 3 is 2.01 bits per heavy atom. The molecule has 6 rings (SSSR count). The van der Waals surface area contributed by atoms with E-state index in [1.807, 2.05) is 110 Å². The normalized spacial score (nSPS) is 16.2.